The Morgan fingerprint density at radius 3 is 2.70 bits per heavy atom. The Labute approximate surface area is 163 Å². The van der Waals surface area contributed by atoms with Gasteiger partial charge in [0.2, 0.25) is 0 Å². The third-order valence-electron chi connectivity index (χ3n) is 4.44. The van der Waals surface area contributed by atoms with Gasteiger partial charge in [-0.3, -0.25) is 4.98 Å². The summed E-state index contributed by atoms with van der Waals surface area (Å²) >= 11 is 1.74. The third-order valence-corrected chi connectivity index (χ3v) is 5.49. The molecule has 0 radical (unpaired) electrons. The first-order chi connectivity index (χ1) is 13.3. The monoisotopic (exact) mass is 369 g/mol. The van der Waals surface area contributed by atoms with Crippen molar-refractivity contribution < 1.29 is 4.74 Å². The minimum atomic E-state index is 0.850. The van der Waals surface area contributed by atoms with E-state index in [2.05, 4.69) is 59.3 Å². The number of thiophene rings is 1. The van der Waals surface area contributed by atoms with E-state index in [4.69, 9.17) is 4.74 Å². The number of pyridine rings is 1. The molecule has 3 heteroatoms. The Morgan fingerprint density at radius 2 is 1.85 bits per heavy atom. The van der Waals surface area contributed by atoms with Gasteiger partial charge in [-0.2, -0.15) is 0 Å². The van der Waals surface area contributed by atoms with Gasteiger partial charge in [0.25, 0.3) is 0 Å². The first-order valence-electron chi connectivity index (χ1n) is 8.87. The lowest BCUT2D eigenvalue weighted by atomic mass is 10.1. The number of benzene rings is 2. The van der Waals surface area contributed by atoms with Crippen LogP contribution in [0.2, 0.25) is 0 Å². The van der Waals surface area contributed by atoms with Crippen LogP contribution in [-0.2, 0) is 6.42 Å². The smallest absolute Gasteiger partial charge is 0.118 e. The molecule has 0 N–H and O–H groups in total. The van der Waals surface area contributed by atoms with E-state index < -0.39 is 0 Å². The molecule has 0 aliphatic rings. The number of hydrogen-bond donors (Lipinski definition) is 0. The van der Waals surface area contributed by atoms with Crippen molar-refractivity contribution in [2.75, 3.05) is 7.11 Å². The van der Waals surface area contributed by atoms with Crippen molar-refractivity contribution in [2.45, 2.75) is 12.8 Å². The summed E-state index contributed by atoms with van der Waals surface area (Å²) in [5, 5.41) is 2.37. The molecule has 2 heterocycles. The van der Waals surface area contributed by atoms with E-state index in [0.717, 1.165) is 28.9 Å². The van der Waals surface area contributed by atoms with Crippen molar-refractivity contribution >= 4 is 22.1 Å². The van der Waals surface area contributed by atoms with E-state index in [1.807, 2.05) is 30.6 Å². The molecule has 0 spiro atoms. The van der Waals surface area contributed by atoms with E-state index in [-0.39, 0.29) is 0 Å². The van der Waals surface area contributed by atoms with Crippen LogP contribution in [0, 0.1) is 11.8 Å². The van der Waals surface area contributed by atoms with Crippen LogP contribution in [-0.4, -0.2) is 12.1 Å². The number of ether oxygens (including phenoxy) is 1. The van der Waals surface area contributed by atoms with Crippen LogP contribution in [0.3, 0.4) is 0 Å². The van der Waals surface area contributed by atoms with Crippen LogP contribution in [0.5, 0.6) is 5.75 Å². The Morgan fingerprint density at radius 1 is 0.963 bits per heavy atom. The summed E-state index contributed by atoms with van der Waals surface area (Å²) in [5.41, 5.74) is 2.51. The quantitative estimate of drug-likeness (QED) is 0.414. The predicted molar refractivity (Wildman–Crippen MR) is 113 cm³/mol. The summed E-state index contributed by atoms with van der Waals surface area (Å²) in [5.74, 6) is 7.48. The molecule has 132 valence electrons. The molecule has 0 aliphatic carbocycles. The van der Waals surface area contributed by atoms with Gasteiger partial charge in [0.15, 0.2) is 0 Å². The normalized spacial score (nSPS) is 10.4. The maximum Gasteiger partial charge on any atom is 0.118 e. The molecule has 27 heavy (non-hydrogen) atoms. The molecule has 0 fully saturated rings. The van der Waals surface area contributed by atoms with Gasteiger partial charge in [0.1, 0.15) is 5.75 Å². The second-order valence-electron chi connectivity index (χ2n) is 6.25. The van der Waals surface area contributed by atoms with Gasteiger partial charge >= 0.3 is 0 Å². The molecule has 0 saturated heterocycles. The number of hydrogen-bond acceptors (Lipinski definition) is 3. The number of nitrogens with zero attached hydrogens (tertiary/aromatic N) is 1. The zero-order chi connectivity index (χ0) is 18.5. The summed E-state index contributed by atoms with van der Waals surface area (Å²) in [6.07, 6.45) is 5.53. The van der Waals surface area contributed by atoms with E-state index in [9.17, 15) is 0 Å². The summed E-state index contributed by atoms with van der Waals surface area (Å²) < 4.78 is 5.19. The molecular weight excluding hydrogens is 350 g/mol. The Hall–Kier alpha value is -3.09. The predicted octanol–water partition coefficient (Wildman–Crippen LogP) is 5.96. The molecule has 0 amide bonds. The Bertz CT molecular complexity index is 1120. The average molecular weight is 369 g/mol. The van der Waals surface area contributed by atoms with Crippen molar-refractivity contribution in [2.24, 2.45) is 0 Å². The first-order valence-corrected chi connectivity index (χ1v) is 9.69. The molecule has 4 aromatic rings. The number of aryl methyl sites for hydroxylation is 1. The molecule has 4 rings (SSSR count). The number of methoxy groups -OCH3 is 1. The van der Waals surface area contributed by atoms with Gasteiger partial charge in [-0.25, -0.2) is 0 Å². The van der Waals surface area contributed by atoms with Gasteiger partial charge in [0, 0.05) is 29.1 Å². The molecule has 0 bridgehead atoms. The fourth-order valence-electron chi connectivity index (χ4n) is 2.95. The highest BCUT2D eigenvalue weighted by molar-refractivity contribution is 7.16. The van der Waals surface area contributed by atoms with Gasteiger partial charge < -0.3 is 4.74 Å². The summed E-state index contributed by atoms with van der Waals surface area (Å²) in [7, 11) is 1.69. The Kier molecular flexibility index (Phi) is 5.18. The van der Waals surface area contributed by atoms with Crippen LogP contribution in [0.25, 0.3) is 21.2 Å². The molecular formula is C24H19NOS. The van der Waals surface area contributed by atoms with E-state index >= 15 is 0 Å². The largest absolute Gasteiger partial charge is 0.497 e. The minimum absolute atomic E-state index is 0.850. The molecule has 0 aliphatic heterocycles. The number of rotatable bonds is 4. The summed E-state index contributed by atoms with van der Waals surface area (Å²) in [4.78, 5) is 6.52. The van der Waals surface area contributed by atoms with Crippen LogP contribution >= 0.6 is 11.3 Å². The van der Waals surface area contributed by atoms with Crippen LogP contribution in [0.15, 0.2) is 73.1 Å². The van der Waals surface area contributed by atoms with Gasteiger partial charge in [0.05, 0.1) is 12.0 Å². The highest BCUT2D eigenvalue weighted by Crippen LogP contribution is 2.30. The third kappa shape index (κ3) is 4.19. The number of aromatic nitrogens is 1. The van der Waals surface area contributed by atoms with Crippen LogP contribution in [0.4, 0.5) is 0 Å². The maximum absolute atomic E-state index is 5.19. The zero-order valence-electron chi connectivity index (χ0n) is 15.1. The van der Waals surface area contributed by atoms with Crippen LogP contribution < -0.4 is 4.74 Å². The van der Waals surface area contributed by atoms with Crippen molar-refractivity contribution in [3.63, 3.8) is 0 Å². The average Bonchev–Trinajstić information content (AvgIpc) is 3.20. The SMILES string of the molecule is COc1ccc(CCC#Cc2ccc(-c3ccc4cnccc4c3)s2)cc1. The molecule has 0 atom stereocenters. The van der Waals surface area contributed by atoms with E-state index in [1.165, 1.54) is 21.4 Å². The second-order valence-corrected chi connectivity index (χ2v) is 7.34. The van der Waals surface area contributed by atoms with Crippen LogP contribution in [0.1, 0.15) is 16.9 Å². The standard InChI is InChI=1S/C24H19NOS/c1-26-22-10-6-18(7-11-22)4-2-3-5-23-12-13-24(27-23)20-8-9-21-17-25-15-14-19(21)16-20/h6-17H,2,4H2,1H3. The molecule has 0 unspecified atom stereocenters. The highest BCUT2D eigenvalue weighted by Gasteiger charge is 2.03. The summed E-state index contributed by atoms with van der Waals surface area (Å²) in [6.45, 7) is 0. The van der Waals surface area contributed by atoms with E-state index in [0.29, 0.717) is 0 Å². The molecule has 0 saturated carbocycles. The van der Waals surface area contributed by atoms with E-state index in [1.54, 1.807) is 18.4 Å². The lowest BCUT2D eigenvalue weighted by Crippen LogP contribution is -1.85. The van der Waals surface area contributed by atoms with Gasteiger partial charge in [-0.1, -0.05) is 36.1 Å². The topological polar surface area (TPSA) is 22.1 Å². The zero-order valence-corrected chi connectivity index (χ0v) is 15.9. The Balaban J connectivity index is 1.42. The van der Waals surface area contributed by atoms with Crippen molar-refractivity contribution in [3.8, 4) is 28.0 Å². The maximum atomic E-state index is 5.19. The van der Waals surface area contributed by atoms with Gasteiger partial charge in [-0.15, -0.1) is 11.3 Å². The highest BCUT2D eigenvalue weighted by atomic mass is 32.1. The first kappa shape index (κ1) is 17.3. The fourth-order valence-corrected chi connectivity index (χ4v) is 3.82. The fraction of sp³-hybridized carbons (Fsp3) is 0.125. The summed E-state index contributed by atoms with van der Waals surface area (Å²) in [6, 6.07) is 21.0. The lowest BCUT2D eigenvalue weighted by Gasteiger charge is -2.01. The lowest BCUT2D eigenvalue weighted by molar-refractivity contribution is 0.414. The molecule has 2 aromatic carbocycles. The minimum Gasteiger partial charge on any atom is -0.497 e. The van der Waals surface area contributed by atoms with Crippen molar-refractivity contribution in [3.05, 3.63) is 83.5 Å². The van der Waals surface area contributed by atoms with Crippen molar-refractivity contribution in [1.82, 2.24) is 4.98 Å². The van der Waals surface area contributed by atoms with Gasteiger partial charge in [-0.05, 0) is 59.3 Å². The second kappa shape index (κ2) is 8.07. The molecule has 2 aromatic heterocycles. The number of fused-ring (bicyclic) bond motifs is 1. The van der Waals surface area contributed by atoms with Crippen molar-refractivity contribution in [1.29, 1.82) is 0 Å². The molecule has 2 nitrogen and oxygen atoms in total.